The van der Waals surface area contributed by atoms with Crippen LogP contribution in [-0.4, -0.2) is 42.6 Å². The number of rotatable bonds is 5. The van der Waals surface area contributed by atoms with Crippen molar-refractivity contribution in [2.45, 2.75) is 51.0 Å². The molecule has 0 bridgehead atoms. The van der Waals surface area contributed by atoms with Crippen molar-refractivity contribution in [3.63, 3.8) is 0 Å². The molecule has 1 aliphatic carbocycles. The Bertz CT molecular complexity index is 593. The normalized spacial score (nSPS) is 18.2. The number of likely N-dealkylation sites (tertiary alicyclic amines) is 1. The smallest absolute Gasteiger partial charge is 0.321 e. The first-order valence-corrected chi connectivity index (χ1v) is 9.29. The molecule has 6 nitrogen and oxygen atoms in total. The van der Waals surface area contributed by atoms with Crippen LogP contribution in [0.15, 0.2) is 24.3 Å². The molecule has 0 radical (unpaired) electrons. The minimum atomic E-state index is -0.187. The van der Waals surface area contributed by atoms with E-state index in [0.29, 0.717) is 11.4 Å². The van der Waals surface area contributed by atoms with Crippen LogP contribution in [0.2, 0.25) is 0 Å². The van der Waals surface area contributed by atoms with Gasteiger partial charge in [-0.1, -0.05) is 31.4 Å². The monoisotopic (exact) mass is 345 g/mol. The maximum Gasteiger partial charge on any atom is 0.321 e. The molecule has 1 aromatic rings. The average Bonchev–Trinajstić information content (AvgIpc) is 3.17. The fourth-order valence-electron chi connectivity index (χ4n) is 3.43. The first-order valence-electron chi connectivity index (χ1n) is 9.29. The first kappa shape index (κ1) is 17.7. The zero-order chi connectivity index (χ0) is 17.5. The van der Waals surface area contributed by atoms with Gasteiger partial charge >= 0.3 is 6.03 Å². The third-order valence-corrected chi connectivity index (χ3v) is 4.84. The van der Waals surface area contributed by atoms with E-state index in [1.807, 2.05) is 12.1 Å². The van der Waals surface area contributed by atoms with E-state index in [9.17, 15) is 9.59 Å². The Morgan fingerprint density at radius 1 is 0.960 bits per heavy atom. The molecule has 2 fully saturated rings. The molecule has 25 heavy (non-hydrogen) atoms. The molecule has 0 unspecified atom stereocenters. The summed E-state index contributed by atoms with van der Waals surface area (Å²) in [6.45, 7) is 1.63. The Kier molecular flexibility index (Phi) is 6.28. The molecule has 3 amide bonds. The van der Waals surface area contributed by atoms with Gasteiger partial charge in [0, 0.05) is 13.1 Å². The second kappa shape index (κ2) is 8.85. The summed E-state index contributed by atoms with van der Waals surface area (Å²) in [5.74, 6) is -0.187. The number of amides is 3. The number of anilines is 2. The van der Waals surface area contributed by atoms with Gasteiger partial charge in [0.2, 0.25) is 5.91 Å². The summed E-state index contributed by atoms with van der Waals surface area (Å²) in [6, 6.07) is 7.15. The second-order valence-electron chi connectivity index (χ2n) is 6.79. The summed E-state index contributed by atoms with van der Waals surface area (Å²) in [7, 11) is 0. The van der Waals surface area contributed by atoms with Gasteiger partial charge in [-0.2, -0.15) is 0 Å². The van der Waals surface area contributed by atoms with Crippen LogP contribution in [0.5, 0.6) is 0 Å². The van der Waals surface area contributed by atoms with Gasteiger partial charge in [0.05, 0.1) is 17.5 Å². The van der Waals surface area contributed by atoms with Crippen LogP contribution in [0.1, 0.15) is 44.9 Å². The lowest BCUT2D eigenvalue weighted by molar-refractivity contribution is -0.123. The van der Waals surface area contributed by atoms with Crippen molar-refractivity contribution in [2.24, 2.45) is 0 Å². The lowest BCUT2D eigenvalue weighted by Gasteiger charge is -2.22. The summed E-state index contributed by atoms with van der Waals surface area (Å²) in [4.78, 5) is 26.2. The molecular formula is C19H27N3O3. The van der Waals surface area contributed by atoms with Gasteiger partial charge in [-0.3, -0.25) is 4.79 Å². The maximum absolute atomic E-state index is 12.3. The van der Waals surface area contributed by atoms with Crippen molar-refractivity contribution in [2.75, 3.05) is 30.3 Å². The van der Waals surface area contributed by atoms with Gasteiger partial charge in [0.1, 0.15) is 6.61 Å². The van der Waals surface area contributed by atoms with Crippen LogP contribution in [0.3, 0.4) is 0 Å². The quantitative estimate of drug-likeness (QED) is 0.856. The summed E-state index contributed by atoms with van der Waals surface area (Å²) >= 11 is 0. The van der Waals surface area contributed by atoms with Crippen molar-refractivity contribution in [1.82, 2.24) is 4.90 Å². The van der Waals surface area contributed by atoms with Crippen LogP contribution in [0, 0.1) is 0 Å². The minimum Gasteiger partial charge on any atom is -0.368 e. The Labute approximate surface area is 148 Å². The molecular weight excluding hydrogens is 318 g/mol. The average molecular weight is 345 g/mol. The molecule has 6 heteroatoms. The highest BCUT2D eigenvalue weighted by Gasteiger charge is 2.19. The van der Waals surface area contributed by atoms with Crippen molar-refractivity contribution < 1.29 is 14.3 Å². The molecule has 136 valence electrons. The fourth-order valence-corrected chi connectivity index (χ4v) is 3.43. The van der Waals surface area contributed by atoms with E-state index < -0.39 is 0 Å². The Morgan fingerprint density at radius 3 is 2.28 bits per heavy atom. The van der Waals surface area contributed by atoms with Crippen LogP contribution < -0.4 is 10.6 Å². The molecule has 0 atom stereocenters. The zero-order valence-corrected chi connectivity index (χ0v) is 14.6. The van der Waals surface area contributed by atoms with Crippen molar-refractivity contribution in [3.05, 3.63) is 24.3 Å². The van der Waals surface area contributed by atoms with Crippen molar-refractivity contribution in [3.8, 4) is 0 Å². The van der Waals surface area contributed by atoms with E-state index in [-0.39, 0.29) is 24.6 Å². The lowest BCUT2D eigenvalue weighted by Crippen LogP contribution is -2.32. The molecule has 2 aliphatic rings. The Morgan fingerprint density at radius 2 is 1.60 bits per heavy atom. The number of hydrogen-bond donors (Lipinski definition) is 2. The highest BCUT2D eigenvalue weighted by molar-refractivity contribution is 5.99. The summed E-state index contributed by atoms with van der Waals surface area (Å²) in [5, 5.41) is 5.74. The zero-order valence-electron chi connectivity index (χ0n) is 14.6. The van der Waals surface area contributed by atoms with E-state index in [1.54, 1.807) is 17.0 Å². The van der Waals surface area contributed by atoms with E-state index in [1.165, 1.54) is 19.3 Å². The van der Waals surface area contributed by atoms with E-state index in [0.717, 1.165) is 38.8 Å². The molecule has 1 saturated heterocycles. The predicted octanol–water partition coefficient (Wildman–Crippen LogP) is 3.60. The molecule has 1 saturated carbocycles. The predicted molar refractivity (Wildman–Crippen MR) is 97.7 cm³/mol. The summed E-state index contributed by atoms with van der Waals surface area (Å²) in [6.07, 6.45) is 7.98. The van der Waals surface area contributed by atoms with Gasteiger partial charge in [0.15, 0.2) is 0 Å². The number of hydrogen-bond acceptors (Lipinski definition) is 3. The van der Waals surface area contributed by atoms with Crippen LogP contribution in [0.4, 0.5) is 16.2 Å². The molecule has 0 spiro atoms. The summed E-state index contributed by atoms with van der Waals surface area (Å²) in [5.41, 5.74) is 1.22. The number of ether oxygens (including phenoxy) is 1. The topological polar surface area (TPSA) is 70.7 Å². The third-order valence-electron chi connectivity index (χ3n) is 4.84. The molecule has 0 aromatic heterocycles. The van der Waals surface area contributed by atoms with Crippen molar-refractivity contribution in [1.29, 1.82) is 0 Å². The standard InChI is InChI=1S/C19H27N3O3/c23-18(14-25-15-8-2-1-3-9-15)20-16-10-4-5-11-17(16)21-19(24)22-12-6-7-13-22/h4-5,10-11,15H,1-3,6-9,12-14H2,(H,20,23)(H,21,24). The Balaban J connectivity index is 1.52. The molecule has 1 heterocycles. The highest BCUT2D eigenvalue weighted by atomic mass is 16.5. The number of nitrogens with zero attached hydrogens (tertiary/aromatic N) is 1. The van der Waals surface area contributed by atoms with Crippen LogP contribution in [0.25, 0.3) is 0 Å². The fraction of sp³-hybridized carbons (Fsp3) is 0.579. The number of urea groups is 1. The molecule has 1 aliphatic heterocycles. The molecule has 1 aromatic carbocycles. The van der Waals surface area contributed by atoms with E-state index in [2.05, 4.69) is 10.6 Å². The van der Waals surface area contributed by atoms with Gasteiger partial charge in [-0.25, -0.2) is 4.79 Å². The van der Waals surface area contributed by atoms with Gasteiger partial charge in [-0.05, 0) is 37.8 Å². The van der Waals surface area contributed by atoms with E-state index >= 15 is 0 Å². The Hall–Kier alpha value is -2.08. The van der Waals surface area contributed by atoms with Gasteiger partial charge in [0.25, 0.3) is 0 Å². The SMILES string of the molecule is O=C(COC1CCCCC1)Nc1ccccc1NC(=O)N1CCCC1. The molecule has 3 rings (SSSR count). The largest absolute Gasteiger partial charge is 0.368 e. The number of carbonyl (C=O) groups is 2. The molecule has 2 N–H and O–H groups in total. The third kappa shape index (κ3) is 5.19. The summed E-state index contributed by atoms with van der Waals surface area (Å²) < 4.78 is 5.71. The first-order chi connectivity index (χ1) is 12.2. The minimum absolute atomic E-state index is 0.0546. The highest BCUT2D eigenvalue weighted by Crippen LogP contribution is 2.23. The van der Waals surface area contributed by atoms with Crippen LogP contribution in [-0.2, 0) is 9.53 Å². The van der Waals surface area contributed by atoms with Gasteiger partial charge < -0.3 is 20.3 Å². The number of carbonyl (C=O) groups excluding carboxylic acids is 2. The lowest BCUT2D eigenvalue weighted by atomic mass is 9.98. The number of para-hydroxylation sites is 2. The van der Waals surface area contributed by atoms with Gasteiger partial charge in [-0.15, -0.1) is 0 Å². The second-order valence-corrected chi connectivity index (χ2v) is 6.79. The number of nitrogens with one attached hydrogen (secondary N) is 2. The maximum atomic E-state index is 12.3. The van der Waals surface area contributed by atoms with Crippen LogP contribution >= 0.6 is 0 Å². The van der Waals surface area contributed by atoms with E-state index in [4.69, 9.17) is 4.74 Å². The van der Waals surface area contributed by atoms with Crippen molar-refractivity contribution >= 4 is 23.3 Å². The number of benzene rings is 1.